The minimum absolute atomic E-state index is 0.0119. The minimum atomic E-state index is 0.0119. The van der Waals surface area contributed by atoms with Crippen molar-refractivity contribution in [3.8, 4) is 0 Å². The number of hydrogen-bond donors (Lipinski definition) is 2. The molecule has 0 saturated heterocycles. The molecule has 3 aromatic rings. The predicted molar refractivity (Wildman–Crippen MR) is 119 cm³/mol. The average molecular weight is 429 g/mol. The molecule has 0 atom stereocenters. The fourth-order valence-electron chi connectivity index (χ4n) is 3.58. The van der Waals surface area contributed by atoms with Crippen LogP contribution in [0, 0.1) is 5.92 Å². The van der Waals surface area contributed by atoms with Crippen LogP contribution >= 0.6 is 23.2 Å². The molecule has 2 N–H and O–H groups in total. The first-order chi connectivity index (χ1) is 14.1. The third-order valence-corrected chi connectivity index (χ3v) is 5.61. The Bertz CT molecular complexity index is 977. The van der Waals surface area contributed by atoms with Crippen LogP contribution < -0.4 is 10.6 Å². The van der Waals surface area contributed by atoms with Gasteiger partial charge in [0.25, 0.3) is 5.91 Å². The maximum Gasteiger partial charge on any atom is 0.251 e. The van der Waals surface area contributed by atoms with Gasteiger partial charge in [-0.15, -0.1) is 5.10 Å². The van der Waals surface area contributed by atoms with E-state index in [-0.39, 0.29) is 11.8 Å². The second-order valence-electron chi connectivity index (χ2n) is 7.26. The van der Waals surface area contributed by atoms with Gasteiger partial charge in [-0.3, -0.25) is 4.79 Å². The van der Waals surface area contributed by atoms with Crippen molar-refractivity contribution in [3.63, 3.8) is 0 Å². The normalized spacial score (nSPS) is 14.6. The van der Waals surface area contributed by atoms with Crippen LogP contribution in [0.25, 0.3) is 0 Å². The Hall–Kier alpha value is -2.50. The molecule has 0 spiro atoms. The number of aromatic nitrogens is 2. The Kier molecular flexibility index (Phi) is 6.07. The number of carbonyl (C=O) groups is 1. The van der Waals surface area contributed by atoms with E-state index in [1.165, 1.54) is 11.1 Å². The molecule has 0 radical (unpaired) electrons. The number of rotatable bonds is 5. The van der Waals surface area contributed by atoms with Crippen molar-refractivity contribution in [2.75, 3.05) is 10.6 Å². The van der Waals surface area contributed by atoms with Gasteiger partial charge >= 0.3 is 0 Å². The van der Waals surface area contributed by atoms with Gasteiger partial charge in [-0.25, -0.2) is 0 Å². The molecule has 2 aromatic carbocycles. The van der Waals surface area contributed by atoms with Crippen LogP contribution in [-0.2, 0) is 0 Å². The summed E-state index contributed by atoms with van der Waals surface area (Å²) >= 11 is 11.9. The molecular formula is C22H22Cl2N4O. The summed E-state index contributed by atoms with van der Waals surface area (Å²) in [5.41, 5.74) is 1.69. The van der Waals surface area contributed by atoms with E-state index in [0.717, 1.165) is 37.1 Å². The van der Waals surface area contributed by atoms with Crippen LogP contribution in [-0.4, -0.2) is 15.7 Å². The number of benzene rings is 2. The summed E-state index contributed by atoms with van der Waals surface area (Å²) in [7, 11) is 0. The number of hydrogen-bond acceptors (Lipinski definition) is 4. The third-order valence-electron chi connectivity index (χ3n) is 5.11. The summed E-state index contributed by atoms with van der Waals surface area (Å²) in [6, 6.07) is 16.5. The molecule has 150 valence electrons. The molecule has 1 fully saturated rings. The van der Waals surface area contributed by atoms with Gasteiger partial charge in [0, 0.05) is 33.4 Å². The third kappa shape index (κ3) is 4.92. The van der Waals surface area contributed by atoms with Crippen LogP contribution in [0.2, 0.25) is 10.0 Å². The lowest BCUT2D eigenvalue weighted by atomic mass is 9.89. The van der Waals surface area contributed by atoms with Gasteiger partial charge in [0.1, 0.15) is 5.82 Å². The summed E-state index contributed by atoms with van der Waals surface area (Å²) in [6.45, 7) is 0. The monoisotopic (exact) mass is 428 g/mol. The summed E-state index contributed by atoms with van der Waals surface area (Å²) in [5.74, 6) is 1.26. The Morgan fingerprint density at radius 2 is 1.41 bits per heavy atom. The molecule has 4 rings (SSSR count). The Balaban J connectivity index is 1.62. The fraction of sp³-hybridized carbons (Fsp3) is 0.273. The highest BCUT2D eigenvalue weighted by molar-refractivity contribution is 6.30. The molecular weight excluding hydrogens is 407 g/mol. The molecule has 1 saturated carbocycles. The average Bonchev–Trinajstić information content (AvgIpc) is 3.13. The van der Waals surface area contributed by atoms with Gasteiger partial charge in [0.15, 0.2) is 5.82 Å². The molecule has 7 heteroatoms. The van der Waals surface area contributed by atoms with Crippen molar-refractivity contribution >= 4 is 52.1 Å². The lowest BCUT2D eigenvalue weighted by Crippen LogP contribution is -2.25. The van der Waals surface area contributed by atoms with E-state index < -0.39 is 0 Å². The smallest absolute Gasteiger partial charge is 0.251 e. The molecule has 0 aliphatic heterocycles. The van der Waals surface area contributed by atoms with Crippen LogP contribution in [0.3, 0.4) is 0 Å². The maximum absolute atomic E-state index is 13.2. The number of nitrogens with zero attached hydrogens (tertiary/aromatic N) is 2. The van der Waals surface area contributed by atoms with Crippen LogP contribution in [0.15, 0.2) is 54.6 Å². The number of nitrogens with one attached hydrogen (secondary N) is 2. The first-order valence-corrected chi connectivity index (χ1v) is 10.5. The minimum Gasteiger partial charge on any atom is -0.340 e. The topological polar surface area (TPSA) is 59.0 Å². The van der Waals surface area contributed by atoms with E-state index in [4.69, 9.17) is 23.2 Å². The van der Waals surface area contributed by atoms with E-state index in [2.05, 4.69) is 15.7 Å². The predicted octanol–water partition coefficient (Wildman–Crippen LogP) is 6.90. The molecule has 1 aromatic heterocycles. The van der Waals surface area contributed by atoms with Gasteiger partial charge in [0.2, 0.25) is 0 Å². The maximum atomic E-state index is 13.2. The molecule has 1 heterocycles. The van der Waals surface area contributed by atoms with Gasteiger partial charge in [0.05, 0.1) is 0 Å². The molecule has 1 aliphatic carbocycles. The Morgan fingerprint density at radius 1 is 0.862 bits per heavy atom. The number of carbonyl (C=O) groups excluding carboxylic acids is 1. The first-order valence-electron chi connectivity index (χ1n) is 9.78. The standard InChI is InChI=1S/C22H22Cl2N4O/c23-16-6-10-18(11-7-16)25-20-14-21(26-19-12-8-17(24)9-13-19)28(27-20)22(29)15-4-2-1-3-5-15/h6-15,26H,1-5H2,(H,25,27). The first kappa shape index (κ1) is 19.8. The van der Waals surface area contributed by atoms with E-state index in [1.54, 1.807) is 24.3 Å². The molecule has 29 heavy (non-hydrogen) atoms. The summed E-state index contributed by atoms with van der Waals surface area (Å²) in [6.07, 6.45) is 5.21. The molecule has 0 unspecified atom stereocenters. The van der Waals surface area contributed by atoms with Gasteiger partial charge in [-0.1, -0.05) is 42.5 Å². The summed E-state index contributed by atoms with van der Waals surface area (Å²) in [5, 5.41) is 12.4. The van der Waals surface area contributed by atoms with Crippen molar-refractivity contribution in [3.05, 3.63) is 64.6 Å². The highest BCUT2D eigenvalue weighted by Crippen LogP contribution is 2.29. The summed E-state index contributed by atoms with van der Waals surface area (Å²) < 4.78 is 1.49. The van der Waals surface area contributed by atoms with E-state index in [9.17, 15) is 4.79 Å². The lowest BCUT2D eigenvalue weighted by Gasteiger charge is -2.20. The van der Waals surface area contributed by atoms with E-state index in [0.29, 0.717) is 21.7 Å². The van der Waals surface area contributed by atoms with Gasteiger partial charge < -0.3 is 10.6 Å². The van der Waals surface area contributed by atoms with E-state index in [1.807, 2.05) is 30.3 Å². The lowest BCUT2D eigenvalue weighted by molar-refractivity contribution is 0.0788. The highest BCUT2D eigenvalue weighted by Gasteiger charge is 2.25. The van der Waals surface area contributed by atoms with Crippen molar-refractivity contribution in [2.45, 2.75) is 32.1 Å². The highest BCUT2D eigenvalue weighted by atomic mass is 35.5. The van der Waals surface area contributed by atoms with Crippen LogP contribution in [0.5, 0.6) is 0 Å². The van der Waals surface area contributed by atoms with Crippen molar-refractivity contribution < 1.29 is 4.79 Å². The summed E-state index contributed by atoms with van der Waals surface area (Å²) in [4.78, 5) is 13.2. The Morgan fingerprint density at radius 3 is 2.00 bits per heavy atom. The molecule has 5 nitrogen and oxygen atoms in total. The van der Waals surface area contributed by atoms with Gasteiger partial charge in [-0.05, 0) is 61.4 Å². The Labute approximate surface area is 180 Å². The van der Waals surface area contributed by atoms with Crippen LogP contribution in [0.1, 0.15) is 36.9 Å². The SMILES string of the molecule is O=C(C1CCCCC1)n1nc(Nc2ccc(Cl)cc2)cc1Nc1ccc(Cl)cc1. The zero-order valence-electron chi connectivity index (χ0n) is 15.9. The zero-order chi connectivity index (χ0) is 20.2. The van der Waals surface area contributed by atoms with E-state index >= 15 is 0 Å². The number of anilines is 4. The second-order valence-corrected chi connectivity index (χ2v) is 8.14. The largest absolute Gasteiger partial charge is 0.340 e. The molecule has 0 amide bonds. The molecule has 1 aliphatic rings. The van der Waals surface area contributed by atoms with Crippen molar-refractivity contribution in [1.82, 2.24) is 9.78 Å². The van der Waals surface area contributed by atoms with Crippen LogP contribution in [0.4, 0.5) is 23.0 Å². The van der Waals surface area contributed by atoms with Gasteiger partial charge in [-0.2, -0.15) is 4.68 Å². The van der Waals surface area contributed by atoms with Crippen molar-refractivity contribution in [1.29, 1.82) is 0 Å². The number of halogens is 2. The fourth-order valence-corrected chi connectivity index (χ4v) is 3.84. The quantitative estimate of drug-likeness (QED) is 0.463. The molecule has 0 bridgehead atoms. The zero-order valence-corrected chi connectivity index (χ0v) is 17.4. The second kappa shape index (κ2) is 8.89. The van der Waals surface area contributed by atoms with Crippen molar-refractivity contribution in [2.24, 2.45) is 5.92 Å².